The van der Waals surface area contributed by atoms with Gasteiger partial charge in [-0.2, -0.15) is 0 Å². The summed E-state index contributed by atoms with van der Waals surface area (Å²) in [6.07, 6.45) is 0. The Balaban J connectivity index is 2.34. The second kappa shape index (κ2) is 5.83. The number of carboxylic acids is 1. The molecular weight excluding hydrogens is 276 g/mol. The Morgan fingerprint density at radius 3 is 2.40 bits per heavy atom. The van der Waals surface area contributed by atoms with Crippen molar-refractivity contribution in [2.75, 3.05) is 11.4 Å². The van der Waals surface area contributed by atoms with Crippen molar-refractivity contribution in [1.29, 1.82) is 0 Å². The number of benzene rings is 1. The Hall–Kier alpha value is -2.21. The molecule has 6 heteroatoms. The summed E-state index contributed by atoms with van der Waals surface area (Å²) in [5.74, 6) is -1.47. The van der Waals surface area contributed by atoms with Gasteiger partial charge in [0.25, 0.3) is 5.91 Å². The molecule has 0 aliphatic heterocycles. The van der Waals surface area contributed by atoms with Crippen molar-refractivity contribution < 1.29 is 14.7 Å². The minimum atomic E-state index is -1.06. The Kier molecular flexibility index (Phi) is 4.14. The van der Waals surface area contributed by atoms with Crippen LogP contribution >= 0.6 is 11.3 Å². The molecule has 1 aromatic heterocycles. The molecule has 0 bridgehead atoms. The molecule has 0 aliphatic carbocycles. The van der Waals surface area contributed by atoms with Crippen molar-refractivity contribution in [3.63, 3.8) is 0 Å². The molecule has 2 aromatic rings. The van der Waals surface area contributed by atoms with E-state index in [2.05, 4.69) is 4.98 Å². The van der Waals surface area contributed by atoms with E-state index in [1.54, 1.807) is 24.4 Å². The quantitative estimate of drug-likeness (QED) is 0.939. The lowest BCUT2D eigenvalue weighted by Crippen LogP contribution is -2.35. The number of hydrogen-bond donors (Lipinski definition) is 1. The van der Waals surface area contributed by atoms with E-state index in [4.69, 9.17) is 5.11 Å². The second-order valence-corrected chi connectivity index (χ2v) is 5.43. The van der Waals surface area contributed by atoms with Crippen LogP contribution < -0.4 is 4.90 Å². The summed E-state index contributed by atoms with van der Waals surface area (Å²) in [6, 6.07) is 7.14. The fraction of sp³-hybridized carbons (Fsp3) is 0.214. The van der Waals surface area contributed by atoms with Crippen molar-refractivity contribution in [1.82, 2.24) is 4.98 Å². The van der Waals surface area contributed by atoms with E-state index in [9.17, 15) is 9.59 Å². The second-order valence-electron chi connectivity index (χ2n) is 4.37. The highest BCUT2D eigenvalue weighted by atomic mass is 32.1. The van der Waals surface area contributed by atoms with Crippen LogP contribution in [0.1, 0.15) is 21.1 Å². The van der Waals surface area contributed by atoms with Gasteiger partial charge in [-0.1, -0.05) is 17.7 Å². The molecule has 1 N–H and O–H groups in total. The fourth-order valence-corrected chi connectivity index (χ4v) is 2.33. The van der Waals surface area contributed by atoms with Gasteiger partial charge in [-0.05, 0) is 26.0 Å². The summed E-state index contributed by atoms with van der Waals surface area (Å²) in [5, 5.41) is 11.4. The van der Waals surface area contributed by atoms with Crippen molar-refractivity contribution in [3.05, 3.63) is 45.9 Å². The molecule has 20 heavy (non-hydrogen) atoms. The molecule has 2 rings (SSSR count). The topological polar surface area (TPSA) is 70.5 Å². The lowest BCUT2D eigenvalue weighted by molar-refractivity contribution is -0.135. The maximum Gasteiger partial charge on any atom is 0.323 e. The van der Waals surface area contributed by atoms with Crippen LogP contribution in [0.4, 0.5) is 5.69 Å². The third-order valence-electron chi connectivity index (χ3n) is 2.72. The standard InChI is InChI=1S/C14H14N2O3S/c1-9-3-5-11(6-4-9)16(7-13(17)18)14(19)12-8-20-10(2)15-12/h3-6,8H,7H2,1-2H3,(H,17,18). The third kappa shape index (κ3) is 3.21. The molecular formula is C14H14N2O3S. The number of aliphatic carboxylic acids is 1. The van der Waals surface area contributed by atoms with Gasteiger partial charge in [0.05, 0.1) is 5.01 Å². The summed E-state index contributed by atoms with van der Waals surface area (Å²) in [4.78, 5) is 28.7. The smallest absolute Gasteiger partial charge is 0.323 e. The number of thiazole rings is 1. The van der Waals surface area contributed by atoms with Gasteiger partial charge in [-0.25, -0.2) is 4.98 Å². The summed E-state index contributed by atoms with van der Waals surface area (Å²) in [7, 11) is 0. The van der Waals surface area contributed by atoms with Gasteiger partial charge in [0.2, 0.25) is 0 Å². The number of nitrogens with zero attached hydrogens (tertiary/aromatic N) is 2. The molecule has 0 saturated heterocycles. The molecule has 0 aliphatic rings. The number of carboxylic acid groups (broad SMARTS) is 1. The van der Waals surface area contributed by atoms with Crippen molar-refractivity contribution >= 4 is 28.9 Å². The predicted molar refractivity (Wildman–Crippen MR) is 77.3 cm³/mol. The molecule has 1 aromatic carbocycles. The number of anilines is 1. The van der Waals surface area contributed by atoms with E-state index >= 15 is 0 Å². The molecule has 0 spiro atoms. The summed E-state index contributed by atoms with van der Waals surface area (Å²) >= 11 is 1.36. The zero-order valence-corrected chi connectivity index (χ0v) is 12.0. The Bertz CT molecular complexity index is 634. The highest BCUT2D eigenvalue weighted by Gasteiger charge is 2.22. The van der Waals surface area contributed by atoms with Crippen LogP contribution in [0.3, 0.4) is 0 Å². The summed E-state index contributed by atoms with van der Waals surface area (Å²) in [5.41, 5.74) is 1.86. The third-order valence-corrected chi connectivity index (χ3v) is 3.50. The number of hydrogen-bond acceptors (Lipinski definition) is 4. The van der Waals surface area contributed by atoms with Crippen molar-refractivity contribution in [2.24, 2.45) is 0 Å². The molecule has 1 heterocycles. The predicted octanol–water partition coefficient (Wildman–Crippen LogP) is 2.49. The molecule has 0 unspecified atom stereocenters. The average Bonchev–Trinajstić information content (AvgIpc) is 2.83. The first kappa shape index (κ1) is 14.2. The van der Waals surface area contributed by atoms with Crippen LogP contribution in [0.15, 0.2) is 29.6 Å². The van der Waals surface area contributed by atoms with Crippen LogP contribution in [0, 0.1) is 13.8 Å². The van der Waals surface area contributed by atoms with E-state index in [0.29, 0.717) is 5.69 Å². The van der Waals surface area contributed by atoms with Crippen LogP contribution in [0.25, 0.3) is 0 Å². The molecule has 0 radical (unpaired) electrons. The van der Waals surface area contributed by atoms with Crippen LogP contribution in [0.5, 0.6) is 0 Å². The number of aromatic nitrogens is 1. The zero-order chi connectivity index (χ0) is 14.7. The van der Waals surface area contributed by atoms with Crippen molar-refractivity contribution in [3.8, 4) is 0 Å². The van der Waals surface area contributed by atoms with Crippen LogP contribution in [-0.4, -0.2) is 28.5 Å². The molecule has 0 atom stereocenters. The Morgan fingerprint density at radius 1 is 1.25 bits per heavy atom. The van der Waals surface area contributed by atoms with Gasteiger partial charge < -0.3 is 5.11 Å². The summed E-state index contributed by atoms with van der Waals surface area (Å²) < 4.78 is 0. The van der Waals surface area contributed by atoms with E-state index in [0.717, 1.165) is 10.6 Å². The number of carbonyl (C=O) groups excluding carboxylic acids is 1. The maximum absolute atomic E-state index is 12.4. The first-order chi connectivity index (χ1) is 9.47. The van der Waals surface area contributed by atoms with Gasteiger partial charge in [0, 0.05) is 11.1 Å². The van der Waals surface area contributed by atoms with E-state index in [1.165, 1.54) is 16.2 Å². The van der Waals surface area contributed by atoms with E-state index in [-0.39, 0.29) is 5.69 Å². The van der Waals surface area contributed by atoms with Crippen LogP contribution in [0.2, 0.25) is 0 Å². The Morgan fingerprint density at radius 2 is 1.90 bits per heavy atom. The molecule has 5 nitrogen and oxygen atoms in total. The average molecular weight is 290 g/mol. The fourth-order valence-electron chi connectivity index (χ4n) is 1.74. The largest absolute Gasteiger partial charge is 0.480 e. The van der Waals surface area contributed by atoms with Gasteiger partial charge >= 0.3 is 5.97 Å². The maximum atomic E-state index is 12.4. The number of aryl methyl sites for hydroxylation is 2. The normalized spacial score (nSPS) is 10.3. The van der Waals surface area contributed by atoms with Crippen LogP contribution in [-0.2, 0) is 4.79 Å². The first-order valence-electron chi connectivity index (χ1n) is 6.00. The lowest BCUT2D eigenvalue weighted by Gasteiger charge is -2.20. The highest BCUT2D eigenvalue weighted by Crippen LogP contribution is 2.19. The first-order valence-corrected chi connectivity index (χ1v) is 6.88. The SMILES string of the molecule is Cc1ccc(N(CC(=O)O)C(=O)c2csc(C)n2)cc1. The summed E-state index contributed by atoms with van der Waals surface area (Å²) in [6.45, 7) is 3.34. The van der Waals surface area contributed by atoms with Crippen molar-refractivity contribution in [2.45, 2.75) is 13.8 Å². The van der Waals surface area contributed by atoms with E-state index < -0.39 is 18.4 Å². The molecule has 0 fully saturated rings. The minimum absolute atomic E-state index is 0.273. The lowest BCUT2D eigenvalue weighted by atomic mass is 10.2. The van der Waals surface area contributed by atoms with Gasteiger partial charge in [0.1, 0.15) is 12.2 Å². The van der Waals surface area contributed by atoms with Gasteiger partial charge in [-0.15, -0.1) is 11.3 Å². The highest BCUT2D eigenvalue weighted by molar-refractivity contribution is 7.09. The monoisotopic (exact) mass is 290 g/mol. The number of carbonyl (C=O) groups is 2. The number of amides is 1. The molecule has 0 saturated carbocycles. The molecule has 1 amide bonds. The molecule has 104 valence electrons. The van der Waals surface area contributed by atoms with E-state index in [1.807, 2.05) is 19.1 Å². The minimum Gasteiger partial charge on any atom is -0.480 e. The zero-order valence-electron chi connectivity index (χ0n) is 11.2. The van der Waals surface area contributed by atoms with Gasteiger partial charge in [0.15, 0.2) is 0 Å². The number of rotatable bonds is 4. The van der Waals surface area contributed by atoms with Gasteiger partial charge in [-0.3, -0.25) is 14.5 Å². The Labute approximate surface area is 120 Å².